The lowest BCUT2D eigenvalue weighted by atomic mass is 10.2. The summed E-state index contributed by atoms with van der Waals surface area (Å²) in [4.78, 5) is 21.6. The van der Waals surface area contributed by atoms with E-state index in [2.05, 4.69) is 5.32 Å². The van der Waals surface area contributed by atoms with Crippen molar-refractivity contribution < 1.29 is 24.5 Å². The zero-order chi connectivity index (χ0) is 12.1. The van der Waals surface area contributed by atoms with Crippen molar-refractivity contribution in [3.8, 4) is 0 Å². The Morgan fingerprint density at radius 1 is 1.53 bits per heavy atom. The molecule has 0 spiro atoms. The van der Waals surface area contributed by atoms with Gasteiger partial charge >= 0.3 is 6.09 Å². The fraction of sp³-hybridized carbons (Fsp3) is 0.778. The number of aliphatic hydroxyl groups excluding tert-OH is 2. The van der Waals surface area contributed by atoms with E-state index in [1.165, 1.54) is 0 Å². The maximum absolute atomic E-state index is 11.2. The molecule has 6 heteroatoms. The molecule has 3 N–H and O–H groups in total. The molecule has 0 rings (SSSR count). The Hall–Kier alpha value is -1.14. The first kappa shape index (κ1) is 13.9. The van der Waals surface area contributed by atoms with Crippen LogP contribution in [0.4, 0.5) is 4.79 Å². The summed E-state index contributed by atoms with van der Waals surface area (Å²) < 4.78 is 4.86. The van der Waals surface area contributed by atoms with E-state index in [4.69, 9.17) is 14.9 Å². The van der Waals surface area contributed by atoms with Crippen molar-refractivity contribution >= 4 is 12.4 Å². The summed E-state index contributed by atoms with van der Waals surface area (Å²) in [7, 11) is 0. The Morgan fingerprint density at radius 2 is 2.07 bits per heavy atom. The van der Waals surface area contributed by atoms with Gasteiger partial charge in [0.2, 0.25) is 0 Å². The molecule has 88 valence electrons. The topological polar surface area (TPSA) is 95.9 Å². The lowest BCUT2D eigenvalue weighted by molar-refractivity contribution is -0.112. The molecule has 2 atom stereocenters. The van der Waals surface area contributed by atoms with Gasteiger partial charge in [0.25, 0.3) is 0 Å². The van der Waals surface area contributed by atoms with Gasteiger partial charge in [0.1, 0.15) is 24.0 Å². The largest absolute Gasteiger partial charge is 0.444 e. The van der Waals surface area contributed by atoms with Crippen molar-refractivity contribution in [1.82, 2.24) is 5.32 Å². The number of carbonyl (C=O) groups is 2. The summed E-state index contributed by atoms with van der Waals surface area (Å²) in [5.74, 6) is 0. The van der Waals surface area contributed by atoms with Crippen molar-refractivity contribution in [2.24, 2.45) is 0 Å². The molecule has 0 unspecified atom stereocenters. The van der Waals surface area contributed by atoms with Gasteiger partial charge < -0.3 is 25.1 Å². The third kappa shape index (κ3) is 6.03. The number of aldehydes is 1. The maximum atomic E-state index is 11.2. The predicted molar refractivity (Wildman–Crippen MR) is 52.3 cm³/mol. The fourth-order valence-electron chi connectivity index (χ4n) is 0.778. The van der Waals surface area contributed by atoms with E-state index in [0.29, 0.717) is 6.29 Å². The molecule has 0 saturated carbocycles. The summed E-state index contributed by atoms with van der Waals surface area (Å²) in [6.07, 6.45) is -1.80. The Balaban J connectivity index is 4.19. The molecule has 0 aliphatic carbocycles. The first-order chi connectivity index (χ1) is 6.80. The number of rotatable bonds is 4. The van der Waals surface area contributed by atoms with Gasteiger partial charge in [-0.05, 0) is 20.8 Å². The van der Waals surface area contributed by atoms with E-state index in [9.17, 15) is 9.59 Å². The van der Waals surface area contributed by atoms with Crippen LogP contribution in [-0.2, 0) is 9.53 Å². The number of alkyl carbamates (subject to hydrolysis) is 1. The highest BCUT2D eigenvalue weighted by atomic mass is 16.6. The highest BCUT2D eigenvalue weighted by Crippen LogP contribution is 2.06. The third-order valence-electron chi connectivity index (χ3n) is 1.43. The van der Waals surface area contributed by atoms with Gasteiger partial charge in [0.05, 0.1) is 6.61 Å². The number of hydrogen-bond acceptors (Lipinski definition) is 5. The summed E-state index contributed by atoms with van der Waals surface area (Å²) in [6.45, 7) is 4.40. The molecule has 0 bridgehead atoms. The Bertz CT molecular complexity index is 223. The predicted octanol–water partition coefficient (Wildman–Crippen LogP) is -0.568. The average Bonchev–Trinajstić information content (AvgIpc) is 2.10. The van der Waals surface area contributed by atoms with Crippen molar-refractivity contribution in [3.05, 3.63) is 0 Å². The van der Waals surface area contributed by atoms with Gasteiger partial charge in [-0.2, -0.15) is 0 Å². The minimum absolute atomic E-state index is 0.338. The van der Waals surface area contributed by atoms with Gasteiger partial charge in [0, 0.05) is 0 Å². The molecular weight excluding hydrogens is 202 g/mol. The summed E-state index contributed by atoms with van der Waals surface area (Å²) >= 11 is 0. The normalized spacial score (nSPS) is 15.3. The molecule has 15 heavy (non-hydrogen) atoms. The standard InChI is InChI=1S/C9H17NO5/c1-9(2,3)15-8(14)10-6(4-11)7(13)5-12/h4,6-7,12-13H,5H2,1-3H3,(H,10,14)/t6-,7+/m0/s1. The van der Waals surface area contributed by atoms with Crippen LogP contribution < -0.4 is 5.32 Å². The second kappa shape index (κ2) is 5.67. The molecule has 6 nitrogen and oxygen atoms in total. The van der Waals surface area contributed by atoms with Crippen molar-refractivity contribution in [3.63, 3.8) is 0 Å². The first-order valence-electron chi connectivity index (χ1n) is 4.54. The number of ether oxygens (including phenoxy) is 1. The zero-order valence-corrected chi connectivity index (χ0v) is 9.06. The molecule has 0 aliphatic rings. The summed E-state index contributed by atoms with van der Waals surface area (Å²) in [6, 6.07) is -1.16. The third-order valence-corrected chi connectivity index (χ3v) is 1.43. The van der Waals surface area contributed by atoms with Crippen molar-refractivity contribution in [1.29, 1.82) is 0 Å². The first-order valence-corrected chi connectivity index (χ1v) is 4.54. The molecule has 0 aromatic rings. The second-order valence-electron chi connectivity index (χ2n) is 4.06. The Morgan fingerprint density at radius 3 is 2.40 bits per heavy atom. The van der Waals surface area contributed by atoms with Gasteiger partial charge in [-0.15, -0.1) is 0 Å². The molecular formula is C9H17NO5. The Kier molecular flexibility index (Phi) is 5.24. The van der Waals surface area contributed by atoms with Crippen molar-refractivity contribution in [2.45, 2.75) is 38.5 Å². The SMILES string of the molecule is CC(C)(C)OC(=O)N[C@@H](C=O)[C@H](O)CO. The van der Waals surface area contributed by atoms with Crippen LogP contribution >= 0.6 is 0 Å². The Labute approximate surface area is 88.2 Å². The molecule has 0 aliphatic heterocycles. The molecule has 0 heterocycles. The monoisotopic (exact) mass is 219 g/mol. The summed E-state index contributed by atoms with van der Waals surface area (Å²) in [5.41, 5.74) is -0.679. The fourth-order valence-corrected chi connectivity index (χ4v) is 0.778. The number of hydrogen-bond donors (Lipinski definition) is 3. The lowest BCUT2D eigenvalue weighted by Gasteiger charge is -2.22. The highest BCUT2D eigenvalue weighted by Gasteiger charge is 2.23. The van der Waals surface area contributed by atoms with Crippen LogP contribution in [0.1, 0.15) is 20.8 Å². The van der Waals surface area contributed by atoms with Gasteiger partial charge in [0.15, 0.2) is 0 Å². The number of amides is 1. The minimum atomic E-state index is -1.32. The quantitative estimate of drug-likeness (QED) is 0.550. The molecule has 0 aromatic heterocycles. The van der Waals surface area contributed by atoms with Gasteiger partial charge in [-0.1, -0.05) is 0 Å². The van der Waals surface area contributed by atoms with Crippen LogP contribution in [0, 0.1) is 0 Å². The molecule has 0 aromatic carbocycles. The minimum Gasteiger partial charge on any atom is -0.444 e. The van der Waals surface area contributed by atoms with E-state index in [1.54, 1.807) is 20.8 Å². The van der Waals surface area contributed by atoms with E-state index in [-0.39, 0.29) is 0 Å². The summed E-state index contributed by atoms with van der Waals surface area (Å²) in [5, 5.41) is 19.8. The smallest absolute Gasteiger partial charge is 0.408 e. The van der Waals surface area contributed by atoms with Crippen LogP contribution in [-0.4, -0.2) is 46.9 Å². The van der Waals surface area contributed by atoms with Crippen LogP contribution in [0.5, 0.6) is 0 Å². The van der Waals surface area contributed by atoms with E-state index in [1.807, 2.05) is 0 Å². The van der Waals surface area contributed by atoms with E-state index >= 15 is 0 Å². The molecule has 0 fully saturated rings. The van der Waals surface area contributed by atoms with Crippen LogP contribution in [0.3, 0.4) is 0 Å². The lowest BCUT2D eigenvalue weighted by Crippen LogP contribution is -2.47. The zero-order valence-electron chi connectivity index (χ0n) is 9.06. The van der Waals surface area contributed by atoms with Crippen molar-refractivity contribution in [2.75, 3.05) is 6.61 Å². The van der Waals surface area contributed by atoms with Gasteiger partial charge in [-0.25, -0.2) is 4.79 Å². The van der Waals surface area contributed by atoms with E-state index < -0.39 is 30.4 Å². The molecule has 1 amide bonds. The maximum Gasteiger partial charge on any atom is 0.408 e. The number of carbonyl (C=O) groups excluding carboxylic acids is 2. The van der Waals surface area contributed by atoms with Crippen LogP contribution in [0.2, 0.25) is 0 Å². The van der Waals surface area contributed by atoms with Crippen LogP contribution in [0.25, 0.3) is 0 Å². The average molecular weight is 219 g/mol. The molecule has 0 radical (unpaired) electrons. The number of aliphatic hydroxyl groups is 2. The van der Waals surface area contributed by atoms with Gasteiger partial charge in [-0.3, -0.25) is 0 Å². The second-order valence-corrected chi connectivity index (χ2v) is 4.06. The molecule has 0 saturated heterocycles. The van der Waals surface area contributed by atoms with E-state index in [0.717, 1.165) is 0 Å². The highest BCUT2D eigenvalue weighted by molar-refractivity contribution is 5.73. The number of nitrogens with one attached hydrogen (secondary N) is 1. The van der Waals surface area contributed by atoms with Crippen LogP contribution in [0.15, 0.2) is 0 Å².